The van der Waals surface area contributed by atoms with Gasteiger partial charge in [0.15, 0.2) is 0 Å². The predicted molar refractivity (Wildman–Crippen MR) is 172 cm³/mol. The average Bonchev–Trinajstić information content (AvgIpc) is 3.02. The van der Waals surface area contributed by atoms with Gasteiger partial charge in [0.2, 0.25) is 23.6 Å². The lowest BCUT2D eigenvalue weighted by molar-refractivity contribution is -0.145. The standard InChI is InChI=1S/C34H37ClN4O7/c1-19-31(41)36-20(2)32(42)39-29(34(44)45-4)15-23-10-11-30(46-18-22-8-6-5-7-9-22)27(14-23)25-12-24(13-26(35)17-25)16-28(33(43)37-19)38-21(3)40/h5-14,17,19-20,28-29H,15-16,18H2,1-4H3,(H,36,41)(H,37,43)(H,38,40)(H,39,42)/t19-,20-,28-,29-/m0/s1. The minimum Gasteiger partial charge on any atom is -0.488 e. The van der Waals surface area contributed by atoms with Crippen molar-refractivity contribution in [2.75, 3.05) is 7.11 Å². The normalized spacial score (nSPS) is 20.6. The third-order valence-corrected chi connectivity index (χ3v) is 7.65. The Hall–Kier alpha value is -4.90. The van der Waals surface area contributed by atoms with Gasteiger partial charge in [0.1, 0.15) is 36.5 Å². The Bertz CT molecular complexity index is 1610. The molecule has 0 radical (unpaired) electrons. The summed E-state index contributed by atoms with van der Waals surface area (Å²) >= 11 is 6.59. The van der Waals surface area contributed by atoms with E-state index in [1.807, 2.05) is 42.5 Å². The molecule has 4 rings (SSSR count). The van der Waals surface area contributed by atoms with E-state index in [1.165, 1.54) is 27.9 Å². The van der Waals surface area contributed by atoms with E-state index in [2.05, 4.69) is 21.3 Å². The molecule has 4 amide bonds. The number of fused-ring (bicyclic) bond motifs is 5. The second-order valence-corrected chi connectivity index (χ2v) is 11.6. The molecule has 1 heterocycles. The van der Waals surface area contributed by atoms with E-state index in [0.29, 0.717) is 33.0 Å². The van der Waals surface area contributed by atoms with Gasteiger partial charge in [-0.2, -0.15) is 0 Å². The molecule has 1 aliphatic heterocycles. The van der Waals surface area contributed by atoms with Crippen LogP contribution in [0.15, 0.2) is 66.7 Å². The van der Waals surface area contributed by atoms with Crippen LogP contribution in [0.1, 0.15) is 37.5 Å². The van der Waals surface area contributed by atoms with Crippen molar-refractivity contribution in [2.24, 2.45) is 0 Å². The first kappa shape index (κ1) is 34.0. The number of carbonyl (C=O) groups is 5. The minimum atomic E-state index is -1.06. The number of esters is 1. The molecule has 46 heavy (non-hydrogen) atoms. The van der Waals surface area contributed by atoms with Gasteiger partial charge in [-0.1, -0.05) is 54.1 Å². The number of amides is 4. The van der Waals surface area contributed by atoms with Gasteiger partial charge >= 0.3 is 5.97 Å². The molecule has 12 heteroatoms. The number of nitrogens with one attached hydrogen (secondary N) is 4. The van der Waals surface area contributed by atoms with Gasteiger partial charge in [-0.05, 0) is 60.4 Å². The van der Waals surface area contributed by atoms with Crippen molar-refractivity contribution in [2.45, 2.75) is 64.4 Å². The zero-order valence-corrected chi connectivity index (χ0v) is 26.8. The van der Waals surface area contributed by atoms with Crippen LogP contribution >= 0.6 is 11.6 Å². The highest BCUT2D eigenvalue weighted by Crippen LogP contribution is 2.35. The topological polar surface area (TPSA) is 152 Å². The van der Waals surface area contributed by atoms with Gasteiger partial charge in [0.25, 0.3) is 0 Å². The van der Waals surface area contributed by atoms with Gasteiger partial charge in [0.05, 0.1) is 7.11 Å². The lowest BCUT2D eigenvalue weighted by atomic mass is 9.95. The highest BCUT2D eigenvalue weighted by atomic mass is 35.5. The fourth-order valence-corrected chi connectivity index (χ4v) is 5.31. The first-order chi connectivity index (χ1) is 21.9. The van der Waals surface area contributed by atoms with Gasteiger partial charge < -0.3 is 30.7 Å². The van der Waals surface area contributed by atoms with Crippen LogP contribution in [-0.4, -0.2) is 60.9 Å². The maximum absolute atomic E-state index is 13.3. The van der Waals surface area contributed by atoms with E-state index in [0.717, 1.165) is 5.56 Å². The Morgan fingerprint density at radius 3 is 2.20 bits per heavy atom. The van der Waals surface area contributed by atoms with Crippen molar-refractivity contribution < 1.29 is 33.4 Å². The summed E-state index contributed by atoms with van der Waals surface area (Å²) in [6.45, 7) is 4.50. The maximum atomic E-state index is 13.3. The molecule has 3 aromatic rings. The third-order valence-electron chi connectivity index (χ3n) is 7.43. The Kier molecular flexibility index (Phi) is 11.4. The van der Waals surface area contributed by atoms with Crippen molar-refractivity contribution in [3.8, 4) is 16.9 Å². The largest absolute Gasteiger partial charge is 0.488 e. The molecule has 3 aromatic carbocycles. The van der Waals surface area contributed by atoms with E-state index >= 15 is 0 Å². The zero-order chi connectivity index (χ0) is 33.4. The summed E-state index contributed by atoms with van der Waals surface area (Å²) in [6.07, 6.45) is 0.145. The fourth-order valence-electron chi connectivity index (χ4n) is 5.06. The van der Waals surface area contributed by atoms with Crippen LogP contribution in [0, 0.1) is 0 Å². The second-order valence-electron chi connectivity index (χ2n) is 11.2. The van der Waals surface area contributed by atoms with E-state index < -0.39 is 53.8 Å². The molecule has 0 aliphatic carbocycles. The van der Waals surface area contributed by atoms with E-state index in [4.69, 9.17) is 21.1 Å². The van der Waals surface area contributed by atoms with Crippen LogP contribution in [-0.2, 0) is 48.2 Å². The Morgan fingerprint density at radius 1 is 0.848 bits per heavy atom. The number of halogens is 1. The van der Waals surface area contributed by atoms with E-state index in [-0.39, 0.29) is 19.4 Å². The predicted octanol–water partition coefficient (Wildman–Crippen LogP) is 2.86. The highest BCUT2D eigenvalue weighted by molar-refractivity contribution is 6.31. The summed E-state index contributed by atoms with van der Waals surface area (Å²) < 4.78 is 11.2. The molecule has 4 N–H and O–H groups in total. The molecule has 4 bridgehead atoms. The SMILES string of the molecule is COC(=O)[C@@H]1Cc2ccc(OCc3ccccc3)c(c2)-c2cc(Cl)cc(c2)C[C@H](NC(C)=O)C(=O)N[C@@H](C)C(=O)N[C@@H](C)C(=O)N1. The minimum absolute atomic E-state index is 0.0659. The number of hydrogen-bond donors (Lipinski definition) is 4. The number of hydrogen-bond acceptors (Lipinski definition) is 7. The molecule has 11 nitrogen and oxygen atoms in total. The van der Waals surface area contributed by atoms with Crippen LogP contribution in [0.4, 0.5) is 0 Å². The lowest BCUT2D eigenvalue weighted by Gasteiger charge is -2.24. The molecule has 0 aromatic heterocycles. The number of benzene rings is 3. The molecule has 0 saturated carbocycles. The molecule has 0 saturated heterocycles. The van der Waals surface area contributed by atoms with Gasteiger partial charge in [-0.25, -0.2) is 4.79 Å². The summed E-state index contributed by atoms with van der Waals surface area (Å²) in [5, 5.41) is 10.8. The average molecular weight is 649 g/mol. The van der Waals surface area contributed by atoms with Gasteiger partial charge in [-0.15, -0.1) is 0 Å². The number of rotatable bonds is 5. The van der Waals surface area contributed by atoms with Crippen molar-refractivity contribution in [3.63, 3.8) is 0 Å². The van der Waals surface area contributed by atoms with E-state index in [1.54, 1.807) is 24.3 Å². The summed E-state index contributed by atoms with van der Waals surface area (Å²) in [5.74, 6) is -2.41. The molecule has 4 atom stereocenters. The Morgan fingerprint density at radius 2 is 1.52 bits per heavy atom. The fraction of sp³-hybridized carbons (Fsp3) is 0.324. The van der Waals surface area contributed by atoms with Gasteiger partial charge in [-0.3, -0.25) is 19.2 Å². The first-order valence-corrected chi connectivity index (χ1v) is 15.2. The Labute approximate surface area is 272 Å². The van der Waals surface area contributed by atoms with Crippen molar-refractivity contribution in [1.82, 2.24) is 21.3 Å². The van der Waals surface area contributed by atoms with Crippen LogP contribution in [0.3, 0.4) is 0 Å². The van der Waals surface area contributed by atoms with Crippen LogP contribution in [0.2, 0.25) is 5.02 Å². The summed E-state index contributed by atoms with van der Waals surface area (Å²) in [4.78, 5) is 64.1. The summed E-state index contributed by atoms with van der Waals surface area (Å²) in [7, 11) is 1.23. The van der Waals surface area contributed by atoms with Crippen molar-refractivity contribution >= 4 is 41.2 Å². The molecular formula is C34H37ClN4O7. The summed E-state index contributed by atoms with van der Waals surface area (Å²) in [5.41, 5.74) is 3.60. The highest BCUT2D eigenvalue weighted by Gasteiger charge is 2.29. The summed E-state index contributed by atoms with van der Waals surface area (Å²) in [6, 6.07) is 16.1. The van der Waals surface area contributed by atoms with Crippen molar-refractivity contribution in [3.05, 3.63) is 88.4 Å². The molecule has 0 fully saturated rings. The first-order valence-electron chi connectivity index (χ1n) is 14.8. The smallest absolute Gasteiger partial charge is 0.328 e. The quantitative estimate of drug-likeness (QED) is 0.311. The van der Waals surface area contributed by atoms with Crippen LogP contribution in [0.5, 0.6) is 5.75 Å². The van der Waals surface area contributed by atoms with Crippen molar-refractivity contribution in [1.29, 1.82) is 0 Å². The molecule has 0 unspecified atom stereocenters. The van der Waals surface area contributed by atoms with Crippen LogP contribution < -0.4 is 26.0 Å². The number of carbonyl (C=O) groups excluding carboxylic acids is 5. The second kappa shape index (κ2) is 15.4. The zero-order valence-electron chi connectivity index (χ0n) is 26.0. The Balaban J connectivity index is 1.82. The molecular weight excluding hydrogens is 612 g/mol. The van der Waals surface area contributed by atoms with Crippen LogP contribution in [0.25, 0.3) is 11.1 Å². The maximum Gasteiger partial charge on any atom is 0.328 e. The molecule has 242 valence electrons. The number of ether oxygens (including phenoxy) is 2. The molecule has 0 spiro atoms. The monoisotopic (exact) mass is 648 g/mol. The molecule has 1 aliphatic rings. The van der Waals surface area contributed by atoms with Gasteiger partial charge in [0, 0.05) is 30.4 Å². The third kappa shape index (κ3) is 9.07. The van der Waals surface area contributed by atoms with E-state index in [9.17, 15) is 24.0 Å². The number of methoxy groups -OCH3 is 1. The lowest BCUT2D eigenvalue weighted by Crippen LogP contribution is -2.56.